The third-order valence-electron chi connectivity index (χ3n) is 5.48. The zero-order valence-electron chi connectivity index (χ0n) is 18.2. The highest BCUT2D eigenvalue weighted by atomic mass is 16.2. The minimum Gasteiger partial charge on any atom is -0.345 e. The number of aryl methyl sites for hydroxylation is 1. The van der Waals surface area contributed by atoms with Crippen molar-refractivity contribution in [3.8, 4) is 0 Å². The van der Waals surface area contributed by atoms with Gasteiger partial charge in [0.2, 0.25) is 0 Å². The van der Waals surface area contributed by atoms with Gasteiger partial charge in [-0.3, -0.25) is 0 Å². The molecule has 1 N–H and O–H groups in total. The SMILES string of the molecule is CCCCCN(Cc1cccn1Cc1ccccc1C)C(=O)NCc1ccccc1. The Morgan fingerprint density at radius 2 is 1.73 bits per heavy atom. The molecule has 30 heavy (non-hydrogen) atoms. The van der Waals surface area contributed by atoms with Crippen LogP contribution in [0, 0.1) is 6.92 Å². The van der Waals surface area contributed by atoms with Crippen molar-refractivity contribution in [2.75, 3.05) is 6.54 Å². The van der Waals surface area contributed by atoms with Crippen molar-refractivity contribution in [3.63, 3.8) is 0 Å². The Morgan fingerprint density at radius 1 is 0.967 bits per heavy atom. The van der Waals surface area contributed by atoms with E-state index in [2.05, 4.69) is 66.3 Å². The summed E-state index contributed by atoms with van der Waals surface area (Å²) in [4.78, 5) is 14.9. The van der Waals surface area contributed by atoms with E-state index < -0.39 is 0 Å². The van der Waals surface area contributed by atoms with E-state index in [9.17, 15) is 4.79 Å². The van der Waals surface area contributed by atoms with Gasteiger partial charge in [0.15, 0.2) is 0 Å². The maximum Gasteiger partial charge on any atom is 0.318 e. The van der Waals surface area contributed by atoms with E-state index in [1.165, 1.54) is 11.1 Å². The van der Waals surface area contributed by atoms with E-state index in [0.717, 1.165) is 43.6 Å². The Hall–Kier alpha value is -3.01. The molecule has 0 saturated heterocycles. The highest BCUT2D eigenvalue weighted by molar-refractivity contribution is 5.74. The Kier molecular flexibility index (Phi) is 8.13. The molecule has 0 bridgehead atoms. The first-order chi connectivity index (χ1) is 14.7. The topological polar surface area (TPSA) is 37.3 Å². The van der Waals surface area contributed by atoms with Crippen LogP contribution in [0.15, 0.2) is 72.9 Å². The molecule has 2 aromatic carbocycles. The number of nitrogens with one attached hydrogen (secondary N) is 1. The average Bonchev–Trinajstić information content (AvgIpc) is 3.20. The van der Waals surface area contributed by atoms with Crippen molar-refractivity contribution in [3.05, 3.63) is 95.3 Å². The van der Waals surface area contributed by atoms with Crippen LogP contribution in [0.25, 0.3) is 0 Å². The average molecular weight is 404 g/mol. The fourth-order valence-electron chi connectivity index (χ4n) is 3.60. The largest absolute Gasteiger partial charge is 0.345 e. The van der Waals surface area contributed by atoms with Gasteiger partial charge in [0, 0.05) is 31.5 Å². The van der Waals surface area contributed by atoms with Gasteiger partial charge in [-0.05, 0) is 42.2 Å². The van der Waals surface area contributed by atoms with Crippen LogP contribution >= 0.6 is 0 Å². The van der Waals surface area contributed by atoms with Crippen LogP contribution in [0.3, 0.4) is 0 Å². The molecule has 0 spiro atoms. The zero-order chi connectivity index (χ0) is 21.2. The maximum atomic E-state index is 13.0. The second-order valence-corrected chi connectivity index (χ2v) is 7.83. The lowest BCUT2D eigenvalue weighted by Crippen LogP contribution is -2.40. The van der Waals surface area contributed by atoms with Gasteiger partial charge < -0.3 is 14.8 Å². The summed E-state index contributed by atoms with van der Waals surface area (Å²) in [6, 6.07) is 22.7. The van der Waals surface area contributed by atoms with Crippen LogP contribution in [0.5, 0.6) is 0 Å². The van der Waals surface area contributed by atoms with Gasteiger partial charge in [0.1, 0.15) is 0 Å². The highest BCUT2D eigenvalue weighted by Gasteiger charge is 2.15. The Bertz CT molecular complexity index is 917. The predicted molar refractivity (Wildman–Crippen MR) is 123 cm³/mol. The minimum atomic E-state index is -0.00130. The number of benzene rings is 2. The van der Waals surface area contributed by atoms with Crippen LogP contribution in [-0.4, -0.2) is 22.0 Å². The first-order valence-electron chi connectivity index (χ1n) is 10.9. The van der Waals surface area contributed by atoms with Gasteiger partial charge >= 0.3 is 6.03 Å². The highest BCUT2D eigenvalue weighted by Crippen LogP contribution is 2.14. The monoisotopic (exact) mass is 403 g/mol. The fourth-order valence-corrected chi connectivity index (χ4v) is 3.60. The molecule has 0 aliphatic rings. The molecule has 2 amide bonds. The molecule has 0 unspecified atom stereocenters. The van der Waals surface area contributed by atoms with Crippen molar-refractivity contribution >= 4 is 6.03 Å². The molecule has 0 aliphatic carbocycles. The van der Waals surface area contributed by atoms with Gasteiger partial charge in [-0.2, -0.15) is 0 Å². The van der Waals surface area contributed by atoms with Crippen molar-refractivity contribution in [2.45, 2.75) is 52.7 Å². The van der Waals surface area contributed by atoms with E-state index in [1.807, 2.05) is 35.2 Å². The first-order valence-corrected chi connectivity index (χ1v) is 10.9. The summed E-state index contributed by atoms with van der Waals surface area (Å²) < 4.78 is 2.25. The summed E-state index contributed by atoms with van der Waals surface area (Å²) in [7, 11) is 0. The fraction of sp³-hybridized carbons (Fsp3) is 0.346. The van der Waals surface area contributed by atoms with Crippen LogP contribution < -0.4 is 5.32 Å². The quantitative estimate of drug-likeness (QED) is 0.430. The molecule has 0 atom stereocenters. The molecular weight excluding hydrogens is 370 g/mol. The molecule has 1 aromatic heterocycles. The maximum absolute atomic E-state index is 13.0. The lowest BCUT2D eigenvalue weighted by atomic mass is 10.1. The Labute approximate surface area is 180 Å². The smallest absolute Gasteiger partial charge is 0.318 e. The van der Waals surface area contributed by atoms with Crippen molar-refractivity contribution in [1.82, 2.24) is 14.8 Å². The van der Waals surface area contributed by atoms with Crippen LogP contribution in [0.4, 0.5) is 4.79 Å². The number of carbonyl (C=O) groups is 1. The number of hydrogen-bond acceptors (Lipinski definition) is 1. The number of aromatic nitrogens is 1. The van der Waals surface area contributed by atoms with Crippen LogP contribution in [-0.2, 0) is 19.6 Å². The van der Waals surface area contributed by atoms with Crippen LogP contribution in [0.1, 0.15) is 48.6 Å². The van der Waals surface area contributed by atoms with E-state index in [0.29, 0.717) is 13.1 Å². The Balaban J connectivity index is 1.68. The number of amides is 2. The number of unbranched alkanes of at least 4 members (excludes halogenated alkanes) is 2. The van der Waals surface area contributed by atoms with E-state index >= 15 is 0 Å². The van der Waals surface area contributed by atoms with Gasteiger partial charge in [-0.1, -0.05) is 74.4 Å². The summed E-state index contributed by atoms with van der Waals surface area (Å²) in [5.41, 5.74) is 4.87. The molecule has 0 aliphatic heterocycles. The summed E-state index contributed by atoms with van der Waals surface area (Å²) in [5.74, 6) is 0. The van der Waals surface area contributed by atoms with E-state index in [-0.39, 0.29) is 6.03 Å². The van der Waals surface area contributed by atoms with Gasteiger partial charge in [-0.15, -0.1) is 0 Å². The minimum absolute atomic E-state index is 0.00130. The molecule has 0 fully saturated rings. The first kappa shape index (κ1) is 21.7. The van der Waals surface area contributed by atoms with E-state index in [1.54, 1.807) is 0 Å². The number of rotatable bonds is 10. The summed E-state index contributed by atoms with van der Waals surface area (Å²) in [5, 5.41) is 3.09. The van der Waals surface area contributed by atoms with Gasteiger partial charge in [-0.25, -0.2) is 4.79 Å². The summed E-state index contributed by atoms with van der Waals surface area (Å²) in [6.07, 6.45) is 5.40. The molecule has 3 aromatic rings. The van der Waals surface area contributed by atoms with E-state index in [4.69, 9.17) is 0 Å². The summed E-state index contributed by atoms with van der Waals surface area (Å²) in [6.45, 7) is 7.09. The van der Waals surface area contributed by atoms with Crippen LogP contribution in [0.2, 0.25) is 0 Å². The number of carbonyl (C=O) groups excluding carboxylic acids is 1. The van der Waals surface area contributed by atoms with Crippen molar-refractivity contribution in [2.24, 2.45) is 0 Å². The third-order valence-corrected chi connectivity index (χ3v) is 5.48. The molecule has 0 radical (unpaired) electrons. The number of hydrogen-bond donors (Lipinski definition) is 1. The second kappa shape index (κ2) is 11.2. The zero-order valence-corrected chi connectivity index (χ0v) is 18.2. The molecule has 4 heteroatoms. The normalized spacial score (nSPS) is 10.7. The van der Waals surface area contributed by atoms with Crippen molar-refractivity contribution < 1.29 is 4.79 Å². The third kappa shape index (κ3) is 6.24. The lowest BCUT2D eigenvalue weighted by Gasteiger charge is -2.24. The molecule has 0 saturated carbocycles. The molecule has 3 rings (SSSR count). The molecule has 158 valence electrons. The number of urea groups is 1. The predicted octanol–water partition coefficient (Wildman–Crippen LogP) is 5.75. The van der Waals surface area contributed by atoms with Crippen molar-refractivity contribution in [1.29, 1.82) is 0 Å². The summed E-state index contributed by atoms with van der Waals surface area (Å²) >= 11 is 0. The van der Waals surface area contributed by atoms with Gasteiger partial charge in [0.05, 0.1) is 6.54 Å². The second-order valence-electron chi connectivity index (χ2n) is 7.83. The number of nitrogens with zero attached hydrogens (tertiary/aromatic N) is 2. The molecule has 1 heterocycles. The molecular formula is C26H33N3O. The van der Waals surface area contributed by atoms with Gasteiger partial charge in [0.25, 0.3) is 0 Å². The lowest BCUT2D eigenvalue weighted by molar-refractivity contribution is 0.192. The standard InChI is InChI=1S/C26H33N3O/c1-3-4-10-17-29(26(30)27-19-23-13-6-5-7-14-23)21-25-16-11-18-28(25)20-24-15-9-8-12-22(24)2/h5-9,11-16,18H,3-4,10,17,19-21H2,1-2H3,(H,27,30). The Morgan fingerprint density at radius 3 is 2.50 bits per heavy atom. The molecule has 4 nitrogen and oxygen atoms in total.